The fourth-order valence-electron chi connectivity index (χ4n) is 4.50. The fraction of sp³-hybridized carbons (Fsp3) is 0.407. The first kappa shape index (κ1) is 24.6. The summed E-state index contributed by atoms with van der Waals surface area (Å²) >= 11 is 0. The monoisotopic (exact) mass is 476 g/mol. The molecule has 8 nitrogen and oxygen atoms in total. The lowest BCUT2D eigenvalue weighted by molar-refractivity contribution is -0.139. The third kappa shape index (κ3) is 6.14. The van der Waals surface area contributed by atoms with Crippen LogP contribution in [0.5, 0.6) is 0 Å². The number of piperidine rings is 1. The van der Waals surface area contributed by atoms with Gasteiger partial charge in [0.2, 0.25) is 5.91 Å². The number of unbranched alkanes of at least 4 members (excludes halogenated alkanes) is 2. The van der Waals surface area contributed by atoms with Crippen molar-refractivity contribution < 1.29 is 19.4 Å². The molecular weight excluding hydrogens is 444 g/mol. The van der Waals surface area contributed by atoms with E-state index in [0.29, 0.717) is 30.6 Å². The van der Waals surface area contributed by atoms with E-state index in [-0.39, 0.29) is 18.6 Å². The number of carbonyl (C=O) groups is 2. The topological polar surface area (TPSA) is 97.6 Å². The Hall–Kier alpha value is -3.52. The highest BCUT2D eigenvalue weighted by atomic mass is 16.5. The first-order valence-corrected chi connectivity index (χ1v) is 12.2. The molecule has 0 unspecified atom stereocenters. The van der Waals surface area contributed by atoms with E-state index in [2.05, 4.69) is 17.2 Å². The maximum absolute atomic E-state index is 13.2. The van der Waals surface area contributed by atoms with E-state index in [1.54, 1.807) is 35.1 Å². The summed E-state index contributed by atoms with van der Waals surface area (Å²) in [5.74, 6) is -0.353. The molecule has 1 aliphatic heterocycles. The van der Waals surface area contributed by atoms with Crippen molar-refractivity contribution in [2.45, 2.75) is 63.8 Å². The summed E-state index contributed by atoms with van der Waals surface area (Å²) in [5.41, 5.74) is 1.96. The number of amides is 1. The predicted octanol–water partition coefficient (Wildman–Crippen LogP) is 4.09. The molecule has 0 radical (unpaired) electrons. The molecule has 0 aliphatic carbocycles. The van der Waals surface area contributed by atoms with Gasteiger partial charge in [-0.25, -0.2) is 9.48 Å². The van der Waals surface area contributed by atoms with Crippen molar-refractivity contribution in [1.82, 2.24) is 19.9 Å². The van der Waals surface area contributed by atoms with Gasteiger partial charge in [-0.3, -0.25) is 4.79 Å². The lowest BCUT2D eigenvalue weighted by Crippen LogP contribution is -2.48. The Morgan fingerprint density at radius 1 is 1.06 bits per heavy atom. The summed E-state index contributed by atoms with van der Waals surface area (Å²) in [6, 6.07) is 18.0. The highest BCUT2D eigenvalue weighted by Gasteiger charge is 2.39. The first-order valence-electron chi connectivity index (χ1n) is 12.2. The van der Waals surface area contributed by atoms with Crippen LogP contribution in [-0.2, 0) is 16.1 Å². The number of aliphatic hydroxyl groups excluding tert-OH is 1. The minimum Gasteiger partial charge on any atom is -0.455 e. The number of carbonyl (C=O) groups excluding carboxylic acids is 2. The van der Waals surface area contributed by atoms with Crippen molar-refractivity contribution in [1.29, 1.82) is 0 Å². The van der Waals surface area contributed by atoms with Gasteiger partial charge in [-0.1, -0.05) is 73.5 Å². The van der Waals surface area contributed by atoms with Gasteiger partial charge in [-0.05, 0) is 24.1 Å². The van der Waals surface area contributed by atoms with Crippen molar-refractivity contribution in [3.8, 4) is 0 Å². The molecule has 4 rings (SSSR count). The predicted molar refractivity (Wildman–Crippen MR) is 130 cm³/mol. The lowest BCUT2D eigenvalue weighted by Gasteiger charge is -2.42. The molecule has 184 valence electrons. The van der Waals surface area contributed by atoms with E-state index < -0.39 is 18.1 Å². The van der Waals surface area contributed by atoms with E-state index in [9.17, 15) is 14.7 Å². The molecule has 8 heteroatoms. The number of aliphatic hydroxyl groups is 1. The van der Waals surface area contributed by atoms with Gasteiger partial charge < -0.3 is 14.7 Å². The normalized spacial score (nSPS) is 19.9. The lowest BCUT2D eigenvalue weighted by atomic mass is 9.90. The number of hydrogen-bond donors (Lipinski definition) is 1. The third-order valence-corrected chi connectivity index (χ3v) is 6.43. The Balaban J connectivity index is 1.46. The number of hydrogen-bond acceptors (Lipinski definition) is 6. The molecule has 1 aliphatic rings. The molecule has 3 aromatic rings. The minimum atomic E-state index is -0.707. The summed E-state index contributed by atoms with van der Waals surface area (Å²) in [7, 11) is 0. The molecule has 2 heterocycles. The second-order valence-electron chi connectivity index (χ2n) is 8.93. The smallest absolute Gasteiger partial charge is 0.338 e. The van der Waals surface area contributed by atoms with E-state index in [1.807, 2.05) is 41.3 Å². The van der Waals surface area contributed by atoms with Gasteiger partial charge in [-0.2, -0.15) is 0 Å². The van der Waals surface area contributed by atoms with Gasteiger partial charge in [0.25, 0.3) is 0 Å². The average molecular weight is 477 g/mol. The second-order valence-corrected chi connectivity index (χ2v) is 8.93. The molecule has 1 amide bonds. The Labute approximate surface area is 205 Å². The number of aromatic nitrogens is 3. The molecule has 1 fully saturated rings. The third-order valence-electron chi connectivity index (χ3n) is 6.43. The molecule has 0 saturated carbocycles. The van der Waals surface area contributed by atoms with Crippen molar-refractivity contribution in [2.75, 3.05) is 6.54 Å². The van der Waals surface area contributed by atoms with E-state index in [0.717, 1.165) is 24.8 Å². The maximum Gasteiger partial charge on any atom is 0.338 e. The second kappa shape index (κ2) is 11.8. The van der Waals surface area contributed by atoms with Crippen LogP contribution in [-0.4, -0.2) is 49.5 Å². The fourth-order valence-corrected chi connectivity index (χ4v) is 4.50. The van der Waals surface area contributed by atoms with Gasteiger partial charge in [0.05, 0.1) is 29.9 Å². The van der Waals surface area contributed by atoms with Gasteiger partial charge in [-0.15, -0.1) is 5.10 Å². The van der Waals surface area contributed by atoms with Gasteiger partial charge in [0.15, 0.2) is 0 Å². The van der Waals surface area contributed by atoms with Crippen molar-refractivity contribution in [3.05, 3.63) is 83.7 Å². The number of esters is 1. The summed E-state index contributed by atoms with van der Waals surface area (Å²) in [5, 5.41) is 19.3. The standard InChI is InChI=1S/C27H32N4O4/c1-2-3-6-15-26(33)30-18-24(25(32)16-23(30)20-11-7-4-8-12-20)31-17-22(28-29-31)19-35-27(34)21-13-9-5-10-14-21/h4-5,7-14,17,23-25,32H,2-3,6,15-16,18-19H2,1H3/t23-,24+,25+/m1/s1. The number of ether oxygens (including phenoxy) is 1. The van der Waals surface area contributed by atoms with Crippen LogP contribution in [0.15, 0.2) is 66.9 Å². The van der Waals surface area contributed by atoms with Crippen molar-refractivity contribution in [2.24, 2.45) is 0 Å². The average Bonchev–Trinajstić information content (AvgIpc) is 3.37. The Morgan fingerprint density at radius 3 is 2.49 bits per heavy atom. The molecule has 35 heavy (non-hydrogen) atoms. The SMILES string of the molecule is CCCCCC(=O)N1C[C@H](n2cc(COC(=O)c3ccccc3)nn2)[C@@H](O)C[C@@H]1c1ccccc1. The van der Waals surface area contributed by atoms with Crippen LogP contribution >= 0.6 is 0 Å². The molecule has 0 bridgehead atoms. The first-order chi connectivity index (χ1) is 17.1. The summed E-state index contributed by atoms with van der Waals surface area (Å²) in [4.78, 5) is 27.3. The summed E-state index contributed by atoms with van der Waals surface area (Å²) < 4.78 is 6.94. The largest absolute Gasteiger partial charge is 0.455 e. The molecule has 1 N–H and O–H groups in total. The quantitative estimate of drug-likeness (QED) is 0.369. The summed E-state index contributed by atoms with van der Waals surface area (Å²) in [6.45, 7) is 2.42. The minimum absolute atomic E-state index is 0.0250. The molecule has 1 saturated heterocycles. The number of likely N-dealkylation sites (tertiary alicyclic amines) is 1. The van der Waals surface area contributed by atoms with Crippen LogP contribution in [0.3, 0.4) is 0 Å². The van der Waals surface area contributed by atoms with E-state index in [1.165, 1.54) is 0 Å². The Morgan fingerprint density at radius 2 is 1.77 bits per heavy atom. The molecule has 2 aromatic carbocycles. The highest BCUT2D eigenvalue weighted by Crippen LogP contribution is 2.36. The van der Waals surface area contributed by atoms with Crippen molar-refractivity contribution >= 4 is 11.9 Å². The van der Waals surface area contributed by atoms with Gasteiger partial charge in [0, 0.05) is 19.4 Å². The Kier molecular flexibility index (Phi) is 8.26. The molecule has 3 atom stereocenters. The number of nitrogens with zero attached hydrogens (tertiary/aromatic N) is 4. The Bertz CT molecular complexity index is 1100. The van der Waals surface area contributed by atoms with E-state index >= 15 is 0 Å². The van der Waals surface area contributed by atoms with Crippen LogP contribution in [0.2, 0.25) is 0 Å². The zero-order chi connectivity index (χ0) is 24.6. The number of rotatable bonds is 9. The summed E-state index contributed by atoms with van der Waals surface area (Å²) in [6.07, 6.45) is 4.77. The van der Waals surface area contributed by atoms with Crippen LogP contribution in [0.25, 0.3) is 0 Å². The van der Waals surface area contributed by atoms with Gasteiger partial charge in [0.1, 0.15) is 12.3 Å². The zero-order valence-corrected chi connectivity index (χ0v) is 20.0. The van der Waals surface area contributed by atoms with Crippen LogP contribution < -0.4 is 0 Å². The zero-order valence-electron chi connectivity index (χ0n) is 20.0. The molecule has 1 aromatic heterocycles. The van der Waals surface area contributed by atoms with Crippen molar-refractivity contribution in [3.63, 3.8) is 0 Å². The molecular formula is C27H32N4O4. The highest BCUT2D eigenvalue weighted by molar-refractivity contribution is 5.89. The van der Waals surface area contributed by atoms with E-state index in [4.69, 9.17) is 4.74 Å². The van der Waals surface area contributed by atoms with Gasteiger partial charge >= 0.3 is 5.97 Å². The maximum atomic E-state index is 13.2. The van der Waals surface area contributed by atoms with Crippen LogP contribution in [0.1, 0.15) is 72.7 Å². The van der Waals surface area contributed by atoms with Crippen LogP contribution in [0, 0.1) is 0 Å². The number of benzene rings is 2. The van der Waals surface area contributed by atoms with Crippen LogP contribution in [0.4, 0.5) is 0 Å². The molecule has 0 spiro atoms.